The number of rotatable bonds is 6. The molecule has 0 aromatic heterocycles. The fraction of sp³-hybridized carbons (Fsp3) is 0.0588. The summed E-state index contributed by atoms with van der Waals surface area (Å²) >= 11 is 0. The maximum atomic E-state index is 5.32. The van der Waals surface area contributed by atoms with Crippen LogP contribution < -0.4 is 14.5 Å². The number of methoxy groups -OCH3 is 1. The second-order valence-corrected chi connectivity index (χ2v) is 9.11. The lowest BCUT2D eigenvalue weighted by Gasteiger charge is -2.29. The highest BCUT2D eigenvalue weighted by Crippen LogP contribution is 2.42. The van der Waals surface area contributed by atoms with Gasteiger partial charge in [0.1, 0.15) is 5.75 Å². The summed E-state index contributed by atoms with van der Waals surface area (Å²) in [5.41, 5.74) is 5.65. The molecular formula is C34H28N2O. The third-order valence-corrected chi connectivity index (χ3v) is 6.97. The largest absolute Gasteiger partial charge is 0.497 e. The molecule has 180 valence electrons. The van der Waals surface area contributed by atoms with Gasteiger partial charge in [0.2, 0.25) is 0 Å². The van der Waals surface area contributed by atoms with Crippen molar-refractivity contribution < 1.29 is 4.74 Å². The van der Waals surface area contributed by atoms with E-state index in [-0.39, 0.29) is 0 Å². The quantitative estimate of drug-likeness (QED) is 0.236. The lowest BCUT2D eigenvalue weighted by molar-refractivity contribution is 0.415. The first-order chi connectivity index (χ1) is 18.2. The number of hydrogen-bond donors (Lipinski definition) is 0. The number of benzene rings is 6. The Hall–Kier alpha value is -4.76. The normalized spacial score (nSPS) is 11.0. The van der Waals surface area contributed by atoms with E-state index >= 15 is 0 Å². The van der Waals surface area contributed by atoms with Crippen molar-refractivity contribution in [2.75, 3.05) is 24.0 Å². The Labute approximate surface area is 217 Å². The molecular weight excluding hydrogens is 452 g/mol. The molecule has 6 rings (SSSR count). The fourth-order valence-corrected chi connectivity index (χ4v) is 4.99. The van der Waals surface area contributed by atoms with E-state index in [4.69, 9.17) is 4.74 Å². The standard InChI is InChI=1S/C34H28N2O/c1-35(28-21-23-30(37-2)24-22-28)27-17-19-29(20-18-27)36(33-15-7-11-25-9-3-5-13-31(25)33)34-16-8-12-26-10-4-6-14-32(26)34/h3-24H,1-2H3. The van der Waals surface area contributed by atoms with Crippen molar-refractivity contribution in [3.05, 3.63) is 133 Å². The van der Waals surface area contributed by atoms with Crippen LogP contribution in [0.25, 0.3) is 21.5 Å². The molecule has 0 amide bonds. The molecule has 0 unspecified atom stereocenters. The van der Waals surface area contributed by atoms with Gasteiger partial charge in [-0.1, -0.05) is 72.8 Å². The second-order valence-electron chi connectivity index (χ2n) is 9.11. The third kappa shape index (κ3) is 4.25. The molecule has 6 aromatic rings. The predicted molar refractivity (Wildman–Crippen MR) is 157 cm³/mol. The van der Waals surface area contributed by atoms with E-state index in [2.05, 4.69) is 138 Å². The topological polar surface area (TPSA) is 15.7 Å². The van der Waals surface area contributed by atoms with Crippen LogP contribution in [0.15, 0.2) is 133 Å². The average molecular weight is 481 g/mol. The van der Waals surface area contributed by atoms with Crippen LogP contribution >= 0.6 is 0 Å². The number of fused-ring (bicyclic) bond motifs is 2. The second kappa shape index (κ2) is 9.71. The molecule has 0 saturated heterocycles. The lowest BCUT2D eigenvalue weighted by atomic mass is 10.0. The van der Waals surface area contributed by atoms with E-state index in [0.717, 1.165) is 34.2 Å². The van der Waals surface area contributed by atoms with Crippen LogP contribution in [-0.4, -0.2) is 14.2 Å². The molecule has 0 aliphatic carbocycles. The van der Waals surface area contributed by atoms with Crippen molar-refractivity contribution >= 4 is 50.0 Å². The minimum absolute atomic E-state index is 0.855. The highest BCUT2D eigenvalue weighted by Gasteiger charge is 2.17. The Morgan fingerprint density at radius 2 is 0.892 bits per heavy atom. The first-order valence-electron chi connectivity index (χ1n) is 12.5. The van der Waals surface area contributed by atoms with E-state index in [1.807, 2.05) is 12.1 Å². The highest BCUT2D eigenvalue weighted by molar-refractivity contribution is 6.04. The van der Waals surface area contributed by atoms with Crippen LogP contribution in [0.1, 0.15) is 0 Å². The Kier molecular flexibility index (Phi) is 5.95. The maximum absolute atomic E-state index is 5.32. The molecule has 0 N–H and O–H groups in total. The van der Waals surface area contributed by atoms with E-state index in [9.17, 15) is 0 Å². The first kappa shape index (κ1) is 22.7. The molecule has 0 aliphatic rings. The summed E-state index contributed by atoms with van der Waals surface area (Å²) in [6.07, 6.45) is 0. The Morgan fingerprint density at radius 3 is 1.41 bits per heavy atom. The molecule has 0 heterocycles. The van der Waals surface area contributed by atoms with Gasteiger partial charge >= 0.3 is 0 Å². The molecule has 0 saturated carbocycles. The van der Waals surface area contributed by atoms with Crippen LogP contribution in [0.5, 0.6) is 5.75 Å². The number of hydrogen-bond acceptors (Lipinski definition) is 3. The van der Waals surface area contributed by atoms with Gasteiger partial charge in [0.05, 0.1) is 18.5 Å². The maximum Gasteiger partial charge on any atom is 0.119 e. The minimum atomic E-state index is 0.855. The van der Waals surface area contributed by atoms with Crippen LogP contribution in [-0.2, 0) is 0 Å². The SMILES string of the molecule is COc1ccc(N(C)c2ccc(N(c3cccc4ccccc34)c3cccc4ccccc34)cc2)cc1. The summed E-state index contributed by atoms with van der Waals surface area (Å²) in [5, 5.41) is 4.89. The highest BCUT2D eigenvalue weighted by atomic mass is 16.5. The Balaban J connectivity index is 1.48. The monoisotopic (exact) mass is 480 g/mol. The van der Waals surface area contributed by atoms with Crippen LogP contribution in [0, 0.1) is 0 Å². The van der Waals surface area contributed by atoms with E-state index in [1.54, 1.807) is 7.11 Å². The fourth-order valence-electron chi connectivity index (χ4n) is 4.99. The van der Waals surface area contributed by atoms with Gasteiger partial charge in [-0.05, 0) is 71.4 Å². The minimum Gasteiger partial charge on any atom is -0.497 e. The van der Waals surface area contributed by atoms with Gasteiger partial charge in [-0.25, -0.2) is 0 Å². The van der Waals surface area contributed by atoms with Crippen LogP contribution in [0.4, 0.5) is 28.4 Å². The van der Waals surface area contributed by atoms with Gasteiger partial charge in [0.15, 0.2) is 0 Å². The van der Waals surface area contributed by atoms with E-state index in [0.29, 0.717) is 0 Å². The van der Waals surface area contributed by atoms with Crippen molar-refractivity contribution in [3.8, 4) is 5.75 Å². The zero-order valence-corrected chi connectivity index (χ0v) is 21.0. The molecule has 0 spiro atoms. The van der Waals surface area contributed by atoms with Crippen molar-refractivity contribution in [2.24, 2.45) is 0 Å². The van der Waals surface area contributed by atoms with Gasteiger partial charge in [-0.3, -0.25) is 0 Å². The molecule has 0 fully saturated rings. The van der Waals surface area contributed by atoms with Gasteiger partial charge in [0, 0.05) is 34.9 Å². The molecule has 0 bridgehead atoms. The average Bonchev–Trinajstić information content (AvgIpc) is 2.97. The van der Waals surface area contributed by atoms with Gasteiger partial charge in [-0.15, -0.1) is 0 Å². The zero-order valence-electron chi connectivity index (χ0n) is 21.0. The molecule has 3 nitrogen and oxygen atoms in total. The third-order valence-electron chi connectivity index (χ3n) is 6.97. The number of nitrogens with zero attached hydrogens (tertiary/aromatic N) is 2. The van der Waals surface area contributed by atoms with E-state index < -0.39 is 0 Å². The summed E-state index contributed by atoms with van der Waals surface area (Å²) in [6, 6.07) is 47.1. The summed E-state index contributed by atoms with van der Waals surface area (Å²) in [6.45, 7) is 0. The molecule has 0 radical (unpaired) electrons. The summed E-state index contributed by atoms with van der Waals surface area (Å²) in [4.78, 5) is 4.56. The van der Waals surface area contributed by atoms with Crippen molar-refractivity contribution in [1.82, 2.24) is 0 Å². The van der Waals surface area contributed by atoms with Crippen molar-refractivity contribution in [2.45, 2.75) is 0 Å². The van der Waals surface area contributed by atoms with E-state index in [1.165, 1.54) is 21.5 Å². The zero-order chi connectivity index (χ0) is 25.2. The molecule has 6 aromatic carbocycles. The molecule has 0 atom stereocenters. The van der Waals surface area contributed by atoms with Gasteiger partial charge < -0.3 is 14.5 Å². The molecule has 37 heavy (non-hydrogen) atoms. The van der Waals surface area contributed by atoms with Gasteiger partial charge in [0.25, 0.3) is 0 Å². The van der Waals surface area contributed by atoms with Crippen molar-refractivity contribution in [1.29, 1.82) is 0 Å². The predicted octanol–water partition coefficient (Wildman–Crippen LogP) is 9.24. The molecule has 0 aliphatic heterocycles. The number of anilines is 5. The Bertz CT molecular complexity index is 1580. The number of ether oxygens (including phenoxy) is 1. The molecule has 3 heteroatoms. The van der Waals surface area contributed by atoms with Gasteiger partial charge in [-0.2, -0.15) is 0 Å². The van der Waals surface area contributed by atoms with Crippen LogP contribution in [0.3, 0.4) is 0 Å². The summed E-state index contributed by atoms with van der Waals surface area (Å²) < 4.78 is 5.32. The lowest BCUT2D eigenvalue weighted by Crippen LogP contribution is -2.12. The van der Waals surface area contributed by atoms with Crippen LogP contribution in [0.2, 0.25) is 0 Å². The summed E-state index contributed by atoms with van der Waals surface area (Å²) in [5.74, 6) is 0.855. The Morgan fingerprint density at radius 1 is 0.459 bits per heavy atom. The summed E-state index contributed by atoms with van der Waals surface area (Å²) in [7, 11) is 3.78. The first-order valence-corrected chi connectivity index (χ1v) is 12.5. The van der Waals surface area contributed by atoms with Crippen molar-refractivity contribution in [3.63, 3.8) is 0 Å². The smallest absolute Gasteiger partial charge is 0.119 e.